The number of phenolic OH excluding ortho intramolecular Hbond substituents is 1. The number of aromatic hydroxyl groups is 1. The Labute approximate surface area is 146 Å². The number of hydrogen-bond acceptors (Lipinski definition) is 5. The Morgan fingerprint density at radius 3 is 2.76 bits per heavy atom. The second kappa shape index (κ2) is 6.91. The molecule has 1 saturated carbocycles. The highest BCUT2D eigenvalue weighted by molar-refractivity contribution is 5.81. The van der Waals surface area contributed by atoms with Gasteiger partial charge in [-0.25, -0.2) is 0 Å². The predicted molar refractivity (Wildman–Crippen MR) is 94.5 cm³/mol. The monoisotopic (exact) mass is 336 g/mol. The van der Waals surface area contributed by atoms with Crippen LogP contribution in [0.25, 0.3) is 11.3 Å². The molecule has 1 fully saturated rings. The number of aryl methyl sites for hydroxylation is 1. The van der Waals surface area contributed by atoms with Crippen molar-refractivity contribution in [1.29, 1.82) is 0 Å². The summed E-state index contributed by atoms with van der Waals surface area (Å²) in [7, 11) is 0. The van der Waals surface area contributed by atoms with Gasteiger partial charge in [0.05, 0.1) is 11.4 Å². The smallest absolute Gasteiger partial charge is 0.240 e. The van der Waals surface area contributed by atoms with E-state index in [-0.39, 0.29) is 5.75 Å². The van der Waals surface area contributed by atoms with Crippen molar-refractivity contribution in [1.82, 2.24) is 15.5 Å². The molecule has 6 nitrogen and oxygen atoms in total. The molecule has 3 rings (SSSR count). The maximum absolute atomic E-state index is 11.8. The van der Waals surface area contributed by atoms with E-state index < -0.39 is 11.9 Å². The molecule has 128 valence electrons. The van der Waals surface area contributed by atoms with Crippen LogP contribution in [0, 0.1) is 25.2 Å². The third kappa shape index (κ3) is 3.78. The van der Waals surface area contributed by atoms with Crippen molar-refractivity contribution in [3.8, 4) is 29.4 Å². The molecular weight excluding hydrogens is 316 g/mol. The summed E-state index contributed by atoms with van der Waals surface area (Å²) in [6.07, 6.45) is 7.68. The average molecular weight is 336 g/mol. The summed E-state index contributed by atoms with van der Waals surface area (Å²) < 4.78 is 0. The number of nitrogens with one attached hydrogen (secondary N) is 1. The molecule has 1 aliphatic rings. The molecular formula is C19H20N4O2. The van der Waals surface area contributed by atoms with Gasteiger partial charge >= 0.3 is 0 Å². The van der Waals surface area contributed by atoms with Gasteiger partial charge in [0.2, 0.25) is 5.91 Å². The normalized spacial score (nSPS) is 14.7. The highest BCUT2D eigenvalue weighted by atomic mass is 16.3. The second-order valence-electron chi connectivity index (χ2n) is 6.36. The molecule has 1 aromatic heterocycles. The van der Waals surface area contributed by atoms with Gasteiger partial charge in [0.15, 0.2) is 0 Å². The summed E-state index contributed by atoms with van der Waals surface area (Å²) in [5.74, 6) is 2.64. The van der Waals surface area contributed by atoms with Gasteiger partial charge in [0, 0.05) is 11.1 Å². The number of carbonyl (C=O) groups is 1. The number of carbonyl (C=O) groups excluding carboxylic acids is 1. The fraction of sp³-hybridized carbons (Fsp3) is 0.316. The van der Waals surface area contributed by atoms with Gasteiger partial charge in [-0.3, -0.25) is 4.79 Å². The number of amides is 1. The number of benzene rings is 1. The standard InChI is InChI=1S/C19H20N4O2/c1-3-12-6-7-14(16(24)9-12)17-11(2)8-15(22-23-17)18(19(20)25)21-10-13-4-5-13/h1,6-9,13,18,21,24H,4-5,10H2,2H3,(H2,20,25). The van der Waals surface area contributed by atoms with Crippen LogP contribution in [0.4, 0.5) is 0 Å². The van der Waals surface area contributed by atoms with E-state index in [0.717, 1.165) is 12.1 Å². The van der Waals surface area contributed by atoms with Crippen molar-refractivity contribution in [2.45, 2.75) is 25.8 Å². The van der Waals surface area contributed by atoms with Crippen LogP contribution in [0.15, 0.2) is 24.3 Å². The SMILES string of the molecule is C#Cc1ccc(-c2nnc(C(NCC3CC3)C(N)=O)cc2C)c(O)c1. The van der Waals surface area contributed by atoms with Crippen LogP contribution in [0.5, 0.6) is 5.75 Å². The van der Waals surface area contributed by atoms with Crippen LogP contribution in [0.3, 0.4) is 0 Å². The number of primary amides is 1. The van der Waals surface area contributed by atoms with Gasteiger partial charge in [0.1, 0.15) is 11.8 Å². The summed E-state index contributed by atoms with van der Waals surface area (Å²) in [6, 6.07) is 6.05. The van der Waals surface area contributed by atoms with Crippen molar-refractivity contribution in [2.24, 2.45) is 11.7 Å². The molecule has 4 N–H and O–H groups in total. The summed E-state index contributed by atoms with van der Waals surface area (Å²) in [5, 5.41) is 21.7. The number of rotatable bonds is 6. The first-order chi connectivity index (χ1) is 12.0. The summed E-state index contributed by atoms with van der Waals surface area (Å²) >= 11 is 0. The number of aromatic nitrogens is 2. The highest BCUT2D eigenvalue weighted by Crippen LogP contribution is 2.31. The molecule has 0 aliphatic heterocycles. The fourth-order valence-corrected chi connectivity index (χ4v) is 2.69. The fourth-order valence-electron chi connectivity index (χ4n) is 2.69. The molecule has 0 bridgehead atoms. The number of hydrogen-bond donors (Lipinski definition) is 3. The van der Waals surface area contributed by atoms with Crippen molar-refractivity contribution >= 4 is 5.91 Å². The Morgan fingerprint density at radius 1 is 1.44 bits per heavy atom. The van der Waals surface area contributed by atoms with E-state index in [4.69, 9.17) is 12.2 Å². The third-order valence-electron chi connectivity index (χ3n) is 4.31. The van der Waals surface area contributed by atoms with Gasteiger partial charge in [-0.2, -0.15) is 5.10 Å². The van der Waals surface area contributed by atoms with Gasteiger partial charge in [0.25, 0.3) is 0 Å². The minimum absolute atomic E-state index is 0.0407. The zero-order valence-corrected chi connectivity index (χ0v) is 14.0. The number of phenols is 1. The van der Waals surface area contributed by atoms with E-state index in [1.165, 1.54) is 18.9 Å². The summed E-state index contributed by atoms with van der Waals surface area (Å²) in [6.45, 7) is 2.59. The molecule has 1 aliphatic carbocycles. The minimum Gasteiger partial charge on any atom is -0.507 e. The van der Waals surface area contributed by atoms with Crippen LogP contribution in [0.1, 0.15) is 35.7 Å². The Bertz CT molecular complexity index is 853. The molecule has 1 aromatic carbocycles. The van der Waals surface area contributed by atoms with Gasteiger partial charge in [-0.15, -0.1) is 11.5 Å². The second-order valence-corrected chi connectivity index (χ2v) is 6.36. The van der Waals surface area contributed by atoms with E-state index >= 15 is 0 Å². The number of nitrogens with zero attached hydrogens (tertiary/aromatic N) is 2. The van der Waals surface area contributed by atoms with Gasteiger partial charge in [-0.1, -0.05) is 5.92 Å². The molecule has 25 heavy (non-hydrogen) atoms. The lowest BCUT2D eigenvalue weighted by Gasteiger charge is -2.16. The Hall–Kier alpha value is -2.91. The van der Waals surface area contributed by atoms with Crippen LogP contribution in [-0.2, 0) is 4.79 Å². The molecule has 0 spiro atoms. The first kappa shape index (κ1) is 16.9. The molecule has 1 amide bonds. The first-order valence-corrected chi connectivity index (χ1v) is 8.16. The van der Waals surface area contributed by atoms with Crippen LogP contribution < -0.4 is 11.1 Å². The van der Waals surface area contributed by atoms with E-state index in [1.807, 2.05) is 6.92 Å². The van der Waals surface area contributed by atoms with Crippen LogP contribution in [0.2, 0.25) is 0 Å². The largest absolute Gasteiger partial charge is 0.507 e. The van der Waals surface area contributed by atoms with Crippen LogP contribution >= 0.6 is 0 Å². The van der Waals surface area contributed by atoms with Crippen molar-refractivity contribution < 1.29 is 9.90 Å². The molecule has 1 heterocycles. The zero-order chi connectivity index (χ0) is 18.0. The molecule has 2 aromatic rings. The topological polar surface area (TPSA) is 101 Å². The quantitative estimate of drug-likeness (QED) is 0.697. The third-order valence-corrected chi connectivity index (χ3v) is 4.31. The Kier molecular flexibility index (Phi) is 4.68. The molecule has 6 heteroatoms. The Morgan fingerprint density at radius 2 is 2.20 bits per heavy atom. The van der Waals surface area contributed by atoms with Crippen molar-refractivity contribution in [3.63, 3.8) is 0 Å². The van der Waals surface area contributed by atoms with Gasteiger partial charge in [-0.05, 0) is 62.1 Å². The number of terminal acetylenes is 1. The van der Waals surface area contributed by atoms with E-state index in [2.05, 4.69) is 21.4 Å². The van der Waals surface area contributed by atoms with Crippen LogP contribution in [-0.4, -0.2) is 27.8 Å². The maximum atomic E-state index is 11.8. The predicted octanol–water partition coefficient (Wildman–Crippen LogP) is 1.66. The molecule has 0 radical (unpaired) electrons. The number of nitrogens with two attached hydrogens (primary N) is 1. The molecule has 0 saturated heterocycles. The molecule has 1 unspecified atom stereocenters. The highest BCUT2D eigenvalue weighted by Gasteiger charge is 2.26. The summed E-state index contributed by atoms with van der Waals surface area (Å²) in [5.41, 5.74) is 8.43. The lowest BCUT2D eigenvalue weighted by Crippen LogP contribution is -2.35. The van der Waals surface area contributed by atoms with E-state index in [1.54, 1.807) is 18.2 Å². The lowest BCUT2D eigenvalue weighted by molar-refractivity contribution is -0.120. The summed E-state index contributed by atoms with van der Waals surface area (Å²) in [4.78, 5) is 11.8. The lowest BCUT2D eigenvalue weighted by atomic mass is 10.0. The zero-order valence-electron chi connectivity index (χ0n) is 14.0. The van der Waals surface area contributed by atoms with Crippen molar-refractivity contribution in [3.05, 3.63) is 41.1 Å². The Balaban J connectivity index is 1.89. The molecule has 1 atom stereocenters. The van der Waals surface area contributed by atoms with Crippen molar-refractivity contribution in [2.75, 3.05) is 6.54 Å². The van der Waals surface area contributed by atoms with E-state index in [9.17, 15) is 9.90 Å². The first-order valence-electron chi connectivity index (χ1n) is 8.16. The van der Waals surface area contributed by atoms with E-state index in [0.29, 0.717) is 28.4 Å². The maximum Gasteiger partial charge on any atom is 0.240 e. The van der Waals surface area contributed by atoms with Gasteiger partial charge < -0.3 is 16.2 Å². The minimum atomic E-state index is -0.668. The average Bonchev–Trinajstić information content (AvgIpc) is 3.39.